The quantitative estimate of drug-likeness (QED) is 0.353. The Morgan fingerprint density at radius 3 is 2.72 bits per heavy atom. The lowest BCUT2D eigenvalue weighted by molar-refractivity contribution is 0.0731. The van der Waals surface area contributed by atoms with E-state index in [0.29, 0.717) is 43.1 Å². The highest BCUT2D eigenvalue weighted by Crippen LogP contribution is 2.26. The number of rotatable bonds is 6. The van der Waals surface area contributed by atoms with E-state index in [1.165, 1.54) is 28.5 Å². The van der Waals surface area contributed by atoms with Crippen LogP contribution in [0.25, 0.3) is 0 Å². The molecule has 1 aliphatic carbocycles. The van der Waals surface area contributed by atoms with E-state index in [1.54, 1.807) is 6.07 Å². The van der Waals surface area contributed by atoms with Crippen LogP contribution >= 0.6 is 35.3 Å². The van der Waals surface area contributed by atoms with Gasteiger partial charge in [0.2, 0.25) is 0 Å². The molecule has 1 saturated carbocycles. The maximum absolute atomic E-state index is 12.6. The first-order chi connectivity index (χ1) is 11.6. The molecule has 2 aliphatic rings. The van der Waals surface area contributed by atoms with Crippen molar-refractivity contribution in [1.82, 2.24) is 14.9 Å². The van der Waals surface area contributed by atoms with Crippen molar-refractivity contribution in [3.05, 3.63) is 17.0 Å². The molecule has 1 aromatic rings. The lowest BCUT2D eigenvalue weighted by Crippen LogP contribution is -2.40. The van der Waals surface area contributed by atoms with Gasteiger partial charge in [0.05, 0.1) is 19.8 Å². The van der Waals surface area contributed by atoms with Crippen molar-refractivity contribution in [2.24, 2.45) is 4.99 Å². The highest BCUT2D eigenvalue weighted by molar-refractivity contribution is 14.0. The summed E-state index contributed by atoms with van der Waals surface area (Å²) in [6.45, 7) is 5.07. The molecule has 142 valence electrons. The Morgan fingerprint density at radius 1 is 1.36 bits per heavy atom. The molecule has 25 heavy (non-hydrogen) atoms. The highest BCUT2D eigenvalue weighted by atomic mass is 127. The first-order valence-corrected chi connectivity index (χ1v) is 10.6. The third-order valence-electron chi connectivity index (χ3n) is 3.86. The van der Waals surface area contributed by atoms with Crippen LogP contribution in [-0.4, -0.2) is 57.6 Å². The first kappa shape index (κ1) is 20.9. The van der Waals surface area contributed by atoms with Crippen molar-refractivity contribution in [3.8, 4) is 0 Å². The molecule has 0 radical (unpaired) electrons. The average Bonchev–Trinajstić information content (AvgIpc) is 3.27. The summed E-state index contributed by atoms with van der Waals surface area (Å²) in [4.78, 5) is 5.49. The van der Waals surface area contributed by atoms with Crippen molar-refractivity contribution in [1.29, 1.82) is 0 Å². The molecule has 1 saturated heterocycles. The minimum atomic E-state index is -3.41. The van der Waals surface area contributed by atoms with Crippen LogP contribution in [0, 0.1) is 0 Å². The van der Waals surface area contributed by atoms with E-state index >= 15 is 0 Å². The molecule has 3 rings (SSSR count). The van der Waals surface area contributed by atoms with Crippen LogP contribution in [0.3, 0.4) is 0 Å². The van der Waals surface area contributed by atoms with Gasteiger partial charge in [0, 0.05) is 30.6 Å². The van der Waals surface area contributed by atoms with E-state index in [2.05, 4.69) is 15.6 Å². The maximum atomic E-state index is 12.6. The summed E-state index contributed by atoms with van der Waals surface area (Å²) >= 11 is 1.29. The van der Waals surface area contributed by atoms with Gasteiger partial charge in [-0.25, -0.2) is 13.4 Å². The Kier molecular flexibility index (Phi) is 7.92. The summed E-state index contributed by atoms with van der Waals surface area (Å²) in [5, 5.41) is 6.57. The molecule has 2 fully saturated rings. The van der Waals surface area contributed by atoms with Gasteiger partial charge >= 0.3 is 0 Å². The first-order valence-electron chi connectivity index (χ1n) is 8.31. The van der Waals surface area contributed by atoms with Crippen molar-refractivity contribution < 1.29 is 13.2 Å². The summed E-state index contributed by atoms with van der Waals surface area (Å²) in [5.74, 6) is 0.797. The van der Waals surface area contributed by atoms with Crippen LogP contribution in [0.2, 0.25) is 0 Å². The molecular formula is C15H25IN4O3S2. The predicted molar refractivity (Wildman–Crippen MR) is 110 cm³/mol. The van der Waals surface area contributed by atoms with Crippen molar-refractivity contribution in [2.45, 2.75) is 36.6 Å². The summed E-state index contributed by atoms with van der Waals surface area (Å²) in [6.07, 6.45) is 2.37. The molecule has 0 amide bonds. The normalized spacial score (nSPS) is 19.3. The second-order valence-corrected chi connectivity index (χ2v) is 9.18. The molecular weight excluding hydrogens is 475 g/mol. The van der Waals surface area contributed by atoms with E-state index in [0.717, 1.165) is 17.4 Å². The standard InChI is InChI=1S/C15H24N4O3S2.HI/c1-2-16-15(18-12-3-4-12)17-11-13-5-6-14(23-13)24(20,21)19-7-9-22-10-8-19;/h5-6,12H,2-4,7-11H2,1H3,(H2,16,17,18);1H. The topological polar surface area (TPSA) is 83.0 Å². The molecule has 0 aromatic carbocycles. The summed E-state index contributed by atoms with van der Waals surface area (Å²) in [6, 6.07) is 4.06. The van der Waals surface area contributed by atoms with Gasteiger partial charge in [-0.15, -0.1) is 35.3 Å². The molecule has 7 nitrogen and oxygen atoms in total. The number of morpholine rings is 1. The van der Waals surface area contributed by atoms with E-state index in [4.69, 9.17) is 4.74 Å². The molecule has 0 unspecified atom stereocenters. The molecule has 1 aromatic heterocycles. The Bertz CT molecular complexity index is 683. The Balaban J connectivity index is 0.00000225. The van der Waals surface area contributed by atoms with Gasteiger partial charge in [0.25, 0.3) is 10.0 Å². The lowest BCUT2D eigenvalue weighted by Gasteiger charge is -2.25. The smallest absolute Gasteiger partial charge is 0.252 e. The minimum absolute atomic E-state index is 0. The van der Waals surface area contributed by atoms with Crippen LogP contribution < -0.4 is 10.6 Å². The Morgan fingerprint density at radius 2 is 2.08 bits per heavy atom. The fourth-order valence-electron chi connectivity index (χ4n) is 2.39. The zero-order chi connectivity index (χ0) is 17.0. The Labute approximate surface area is 170 Å². The fraction of sp³-hybridized carbons (Fsp3) is 0.667. The number of ether oxygens (including phenoxy) is 1. The molecule has 2 heterocycles. The number of sulfonamides is 1. The number of guanidine groups is 1. The second kappa shape index (κ2) is 9.49. The zero-order valence-electron chi connectivity index (χ0n) is 14.2. The number of nitrogens with zero attached hydrogens (tertiary/aromatic N) is 2. The number of nitrogens with one attached hydrogen (secondary N) is 2. The maximum Gasteiger partial charge on any atom is 0.252 e. The SMILES string of the molecule is CCNC(=NCc1ccc(S(=O)(=O)N2CCOCC2)s1)NC1CC1.I. The minimum Gasteiger partial charge on any atom is -0.379 e. The zero-order valence-corrected chi connectivity index (χ0v) is 18.2. The van der Waals surface area contributed by atoms with Crippen LogP contribution in [0.4, 0.5) is 0 Å². The molecule has 0 atom stereocenters. The van der Waals surface area contributed by atoms with Gasteiger partial charge in [-0.05, 0) is 31.9 Å². The largest absolute Gasteiger partial charge is 0.379 e. The number of aliphatic imine (C=N–C) groups is 1. The third-order valence-corrected chi connectivity index (χ3v) is 7.29. The molecule has 0 bridgehead atoms. The van der Waals surface area contributed by atoms with Gasteiger partial charge in [-0.3, -0.25) is 0 Å². The van der Waals surface area contributed by atoms with Crippen LogP contribution in [-0.2, 0) is 21.3 Å². The van der Waals surface area contributed by atoms with Gasteiger partial charge in [-0.1, -0.05) is 0 Å². The monoisotopic (exact) mass is 500 g/mol. The molecule has 10 heteroatoms. The van der Waals surface area contributed by atoms with E-state index in [-0.39, 0.29) is 24.0 Å². The van der Waals surface area contributed by atoms with Gasteiger partial charge < -0.3 is 15.4 Å². The van der Waals surface area contributed by atoms with Crippen molar-refractivity contribution in [3.63, 3.8) is 0 Å². The number of hydrogen-bond donors (Lipinski definition) is 2. The summed E-state index contributed by atoms with van der Waals surface area (Å²) < 4.78 is 32.3. The molecule has 0 spiro atoms. The van der Waals surface area contributed by atoms with Gasteiger partial charge in [0.15, 0.2) is 5.96 Å². The Hall–Kier alpha value is -0.430. The predicted octanol–water partition coefficient (Wildman–Crippen LogP) is 1.60. The third kappa shape index (κ3) is 5.78. The second-order valence-electron chi connectivity index (χ2n) is 5.85. The average molecular weight is 500 g/mol. The molecule has 1 aliphatic heterocycles. The van der Waals surface area contributed by atoms with E-state index in [9.17, 15) is 8.42 Å². The van der Waals surface area contributed by atoms with E-state index in [1.807, 2.05) is 13.0 Å². The summed E-state index contributed by atoms with van der Waals surface area (Å²) in [5.41, 5.74) is 0. The summed E-state index contributed by atoms with van der Waals surface area (Å²) in [7, 11) is -3.41. The number of hydrogen-bond acceptors (Lipinski definition) is 5. The number of thiophene rings is 1. The van der Waals surface area contributed by atoms with Crippen LogP contribution in [0.5, 0.6) is 0 Å². The van der Waals surface area contributed by atoms with Crippen LogP contribution in [0.1, 0.15) is 24.6 Å². The van der Waals surface area contributed by atoms with E-state index < -0.39 is 10.0 Å². The lowest BCUT2D eigenvalue weighted by atomic mass is 10.5. The van der Waals surface area contributed by atoms with Crippen molar-refractivity contribution >= 4 is 51.3 Å². The van der Waals surface area contributed by atoms with Crippen LogP contribution in [0.15, 0.2) is 21.3 Å². The highest BCUT2D eigenvalue weighted by Gasteiger charge is 2.27. The van der Waals surface area contributed by atoms with Gasteiger partial charge in [0.1, 0.15) is 4.21 Å². The van der Waals surface area contributed by atoms with Crippen molar-refractivity contribution in [2.75, 3.05) is 32.8 Å². The van der Waals surface area contributed by atoms with Gasteiger partial charge in [-0.2, -0.15) is 4.31 Å². The molecule has 2 N–H and O–H groups in total. The number of halogens is 1. The fourth-order valence-corrected chi connectivity index (χ4v) is 5.24.